The van der Waals surface area contributed by atoms with Crippen molar-refractivity contribution in [3.63, 3.8) is 0 Å². The highest BCUT2D eigenvalue weighted by molar-refractivity contribution is 9.09. The molecular weight excluding hydrogens is 331 g/mol. The summed E-state index contributed by atoms with van der Waals surface area (Å²) >= 11 is 9.16. The van der Waals surface area contributed by atoms with Gasteiger partial charge in [-0.15, -0.1) is 0 Å². The molecule has 0 radical (unpaired) electrons. The molecule has 0 aliphatic rings. The summed E-state index contributed by atoms with van der Waals surface area (Å²) in [6, 6.07) is 14.4. The molecule has 1 atom stereocenters. The maximum Gasteiger partial charge on any atom is 0.166 e. The lowest BCUT2D eigenvalue weighted by molar-refractivity contribution is 0.284. The molecule has 100 valence electrons. The lowest BCUT2D eigenvalue weighted by atomic mass is 10.0. The highest BCUT2D eigenvalue weighted by atomic mass is 79.9. The molecule has 2 aromatic carbocycles. The molecule has 2 rings (SSSR count). The van der Waals surface area contributed by atoms with Gasteiger partial charge in [0.15, 0.2) is 11.6 Å². The van der Waals surface area contributed by atoms with Crippen LogP contribution in [0.1, 0.15) is 11.5 Å². The second-order valence-electron chi connectivity index (χ2n) is 4.15. The standard InChI is InChI=1S/C15H13BrClFO/c16-9-12(11-4-2-1-3-5-11)10-19-15-7-6-13(17)8-14(15)18/h1-8,12H,9-10H2. The van der Waals surface area contributed by atoms with Crippen LogP contribution >= 0.6 is 27.5 Å². The Balaban J connectivity index is 2.04. The van der Waals surface area contributed by atoms with Gasteiger partial charge in [-0.25, -0.2) is 4.39 Å². The third-order valence-corrected chi connectivity index (χ3v) is 3.81. The van der Waals surface area contributed by atoms with Gasteiger partial charge in [0, 0.05) is 16.3 Å². The van der Waals surface area contributed by atoms with Gasteiger partial charge in [0.1, 0.15) is 0 Å². The molecule has 0 amide bonds. The Morgan fingerprint density at radius 1 is 1.16 bits per heavy atom. The van der Waals surface area contributed by atoms with Gasteiger partial charge in [0.25, 0.3) is 0 Å². The second-order valence-corrected chi connectivity index (χ2v) is 5.23. The van der Waals surface area contributed by atoms with Gasteiger partial charge in [0.2, 0.25) is 0 Å². The molecule has 1 unspecified atom stereocenters. The molecule has 0 bridgehead atoms. The zero-order valence-corrected chi connectivity index (χ0v) is 12.5. The Bertz CT molecular complexity index is 533. The van der Waals surface area contributed by atoms with Crippen LogP contribution in [0, 0.1) is 5.82 Å². The first-order chi connectivity index (χ1) is 9.20. The van der Waals surface area contributed by atoms with Gasteiger partial charge in [-0.2, -0.15) is 0 Å². The average molecular weight is 344 g/mol. The summed E-state index contributed by atoms with van der Waals surface area (Å²) < 4.78 is 19.1. The van der Waals surface area contributed by atoms with E-state index >= 15 is 0 Å². The number of hydrogen-bond donors (Lipinski definition) is 0. The van der Waals surface area contributed by atoms with Gasteiger partial charge in [-0.1, -0.05) is 57.9 Å². The topological polar surface area (TPSA) is 9.23 Å². The van der Waals surface area contributed by atoms with Gasteiger partial charge in [-0.05, 0) is 23.8 Å². The predicted octanol–water partition coefficient (Wildman–Crippen LogP) is 5.04. The summed E-state index contributed by atoms with van der Waals surface area (Å²) in [6.07, 6.45) is 0. The van der Waals surface area contributed by atoms with Crippen molar-refractivity contribution >= 4 is 27.5 Å². The molecule has 0 aromatic heterocycles. The van der Waals surface area contributed by atoms with Crippen LogP contribution in [0.15, 0.2) is 48.5 Å². The summed E-state index contributed by atoms with van der Waals surface area (Å²) in [5.41, 5.74) is 1.16. The molecule has 0 saturated heterocycles. The van der Waals surface area contributed by atoms with Crippen molar-refractivity contribution in [3.8, 4) is 5.75 Å². The fraction of sp³-hybridized carbons (Fsp3) is 0.200. The smallest absolute Gasteiger partial charge is 0.166 e. The van der Waals surface area contributed by atoms with Crippen LogP contribution in [0.2, 0.25) is 5.02 Å². The van der Waals surface area contributed by atoms with Crippen molar-refractivity contribution in [1.82, 2.24) is 0 Å². The largest absolute Gasteiger partial charge is 0.490 e. The molecular formula is C15H13BrClFO. The van der Waals surface area contributed by atoms with Crippen LogP contribution in [0.4, 0.5) is 4.39 Å². The summed E-state index contributed by atoms with van der Waals surface area (Å²) in [4.78, 5) is 0. The molecule has 0 saturated carbocycles. The fourth-order valence-electron chi connectivity index (χ4n) is 1.74. The molecule has 1 nitrogen and oxygen atoms in total. The SMILES string of the molecule is Fc1cc(Cl)ccc1OCC(CBr)c1ccccc1. The lowest BCUT2D eigenvalue weighted by Gasteiger charge is -2.16. The van der Waals surface area contributed by atoms with E-state index in [2.05, 4.69) is 15.9 Å². The summed E-state index contributed by atoms with van der Waals surface area (Å²) in [5, 5.41) is 1.12. The van der Waals surface area contributed by atoms with E-state index < -0.39 is 5.82 Å². The van der Waals surface area contributed by atoms with Gasteiger partial charge < -0.3 is 4.74 Å². The molecule has 0 aliphatic heterocycles. The summed E-state index contributed by atoms with van der Waals surface area (Å²) in [5.74, 6) is -0.0311. The Kier molecular flexibility index (Phi) is 5.23. The summed E-state index contributed by atoms with van der Waals surface area (Å²) in [6.45, 7) is 0.411. The molecule has 19 heavy (non-hydrogen) atoms. The number of benzene rings is 2. The van der Waals surface area contributed by atoms with Crippen molar-refractivity contribution in [2.45, 2.75) is 5.92 Å². The highest BCUT2D eigenvalue weighted by Gasteiger charge is 2.12. The maximum atomic E-state index is 13.6. The number of halogens is 3. The average Bonchev–Trinajstić information content (AvgIpc) is 2.43. The van der Waals surface area contributed by atoms with Crippen molar-refractivity contribution in [2.24, 2.45) is 0 Å². The summed E-state index contributed by atoms with van der Waals surface area (Å²) in [7, 11) is 0. The number of alkyl halides is 1. The van der Waals surface area contributed by atoms with Crippen LogP contribution in [0.3, 0.4) is 0 Å². The van der Waals surface area contributed by atoms with E-state index in [1.165, 1.54) is 6.07 Å². The molecule has 0 fully saturated rings. The van der Waals surface area contributed by atoms with Gasteiger partial charge in [-0.3, -0.25) is 0 Å². The molecule has 4 heteroatoms. The highest BCUT2D eigenvalue weighted by Crippen LogP contribution is 2.24. The van der Waals surface area contributed by atoms with Crippen LogP contribution < -0.4 is 4.74 Å². The molecule has 0 N–H and O–H groups in total. The third-order valence-electron chi connectivity index (χ3n) is 2.79. The van der Waals surface area contributed by atoms with Crippen molar-refractivity contribution < 1.29 is 9.13 Å². The van der Waals surface area contributed by atoms with Crippen molar-refractivity contribution in [1.29, 1.82) is 0 Å². The quantitative estimate of drug-likeness (QED) is 0.691. The van der Waals surface area contributed by atoms with E-state index in [0.717, 1.165) is 10.9 Å². The zero-order chi connectivity index (χ0) is 13.7. The second kappa shape index (κ2) is 6.92. The van der Waals surface area contributed by atoms with E-state index in [1.54, 1.807) is 12.1 Å². The predicted molar refractivity (Wildman–Crippen MR) is 79.9 cm³/mol. The minimum absolute atomic E-state index is 0.177. The Morgan fingerprint density at radius 3 is 2.53 bits per heavy atom. The zero-order valence-electron chi connectivity index (χ0n) is 10.2. The minimum Gasteiger partial charge on any atom is -0.490 e. The first-order valence-electron chi connectivity index (χ1n) is 5.89. The van der Waals surface area contributed by atoms with Crippen molar-refractivity contribution in [3.05, 3.63) is 64.9 Å². The van der Waals surface area contributed by atoms with Crippen molar-refractivity contribution in [2.75, 3.05) is 11.9 Å². The molecule has 0 heterocycles. The van der Waals surface area contributed by atoms with E-state index in [9.17, 15) is 4.39 Å². The third kappa shape index (κ3) is 3.95. The fourth-order valence-corrected chi connectivity index (χ4v) is 2.46. The lowest BCUT2D eigenvalue weighted by Crippen LogP contribution is -2.12. The first-order valence-corrected chi connectivity index (χ1v) is 7.39. The monoisotopic (exact) mass is 342 g/mol. The van der Waals surface area contributed by atoms with E-state index in [4.69, 9.17) is 16.3 Å². The van der Waals surface area contributed by atoms with Crippen LogP contribution in [0.5, 0.6) is 5.75 Å². The molecule has 0 spiro atoms. The first kappa shape index (κ1) is 14.4. The molecule has 2 aromatic rings. The Hall–Kier alpha value is -1.06. The number of hydrogen-bond acceptors (Lipinski definition) is 1. The van der Waals surface area contributed by atoms with Gasteiger partial charge in [0.05, 0.1) is 6.61 Å². The normalized spacial score (nSPS) is 12.2. The number of rotatable bonds is 5. The van der Waals surface area contributed by atoms with Crippen LogP contribution in [-0.4, -0.2) is 11.9 Å². The Morgan fingerprint density at radius 2 is 1.89 bits per heavy atom. The van der Waals surface area contributed by atoms with Gasteiger partial charge >= 0.3 is 0 Å². The van der Waals surface area contributed by atoms with E-state index in [0.29, 0.717) is 11.6 Å². The Labute approximate surface area is 125 Å². The van der Waals surface area contributed by atoms with Crippen LogP contribution in [0.25, 0.3) is 0 Å². The maximum absolute atomic E-state index is 13.6. The number of ether oxygens (including phenoxy) is 1. The van der Waals surface area contributed by atoms with E-state index in [1.807, 2.05) is 30.3 Å². The molecule has 0 aliphatic carbocycles. The minimum atomic E-state index is -0.436. The van der Waals surface area contributed by atoms with E-state index in [-0.39, 0.29) is 11.7 Å². The van der Waals surface area contributed by atoms with Crippen LogP contribution in [-0.2, 0) is 0 Å².